The number of rotatable bonds is 4. The van der Waals surface area contributed by atoms with Gasteiger partial charge >= 0.3 is 6.18 Å². The van der Waals surface area contributed by atoms with Crippen LogP contribution in [0.5, 0.6) is 0 Å². The maximum absolute atomic E-state index is 12.5. The molecule has 1 amide bonds. The Kier molecular flexibility index (Phi) is 3.74. The number of halogens is 3. The van der Waals surface area contributed by atoms with Crippen LogP contribution in [-0.4, -0.2) is 35.1 Å². The van der Waals surface area contributed by atoms with Crippen molar-refractivity contribution in [3.8, 4) is 0 Å². The quantitative estimate of drug-likeness (QED) is 0.848. The van der Waals surface area contributed by atoms with Gasteiger partial charge in [0, 0.05) is 11.6 Å². The van der Waals surface area contributed by atoms with Crippen LogP contribution in [0.1, 0.15) is 40.5 Å². The molecule has 0 aromatic carbocycles. The van der Waals surface area contributed by atoms with Gasteiger partial charge in [-0.25, -0.2) is 0 Å². The summed E-state index contributed by atoms with van der Waals surface area (Å²) in [6, 6.07) is -0.277. The third-order valence-corrected chi connectivity index (χ3v) is 3.74. The fraction of sp³-hybridized carbons (Fsp3) is 0.917. The molecular formula is C12H21F3N2O. The van der Waals surface area contributed by atoms with E-state index in [1.54, 1.807) is 27.7 Å². The third kappa shape index (κ3) is 3.37. The number of alkyl halides is 3. The van der Waals surface area contributed by atoms with Gasteiger partial charge in [0.2, 0.25) is 5.91 Å². The molecule has 1 aliphatic carbocycles. The normalized spacial score (nSPS) is 17.8. The number of hydrogen-bond donors (Lipinski definition) is 1. The summed E-state index contributed by atoms with van der Waals surface area (Å²) in [5.74, 6) is -0.519. The first-order valence-electron chi connectivity index (χ1n) is 6.03. The average molecular weight is 266 g/mol. The highest BCUT2D eigenvalue weighted by atomic mass is 19.4. The van der Waals surface area contributed by atoms with Crippen LogP contribution in [0.25, 0.3) is 0 Å². The fourth-order valence-corrected chi connectivity index (χ4v) is 1.58. The Bertz CT molecular complexity index is 327. The highest BCUT2D eigenvalue weighted by Crippen LogP contribution is 2.37. The van der Waals surface area contributed by atoms with E-state index >= 15 is 0 Å². The highest BCUT2D eigenvalue weighted by Gasteiger charge is 2.49. The lowest BCUT2D eigenvalue weighted by molar-refractivity contribution is -0.170. The first-order valence-corrected chi connectivity index (χ1v) is 6.03. The molecule has 0 spiro atoms. The van der Waals surface area contributed by atoms with Gasteiger partial charge in [0.25, 0.3) is 0 Å². The zero-order chi connectivity index (χ0) is 14.4. The van der Waals surface area contributed by atoms with Crippen LogP contribution < -0.4 is 5.73 Å². The second-order valence-corrected chi connectivity index (χ2v) is 6.13. The third-order valence-electron chi connectivity index (χ3n) is 3.74. The van der Waals surface area contributed by atoms with Gasteiger partial charge in [-0.05, 0) is 40.5 Å². The Hall–Kier alpha value is -0.780. The SMILES string of the molecule is CC(C)(N)C(C)(C)C(=O)N(CC(F)(F)F)C1CC1. The molecule has 0 bridgehead atoms. The largest absolute Gasteiger partial charge is 0.406 e. The fourth-order valence-electron chi connectivity index (χ4n) is 1.58. The molecule has 0 saturated heterocycles. The maximum Gasteiger partial charge on any atom is 0.406 e. The Morgan fingerprint density at radius 1 is 1.22 bits per heavy atom. The van der Waals surface area contributed by atoms with Crippen LogP contribution in [0.2, 0.25) is 0 Å². The van der Waals surface area contributed by atoms with Gasteiger partial charge < -0.3 is 10.6 Å². The van der Waals surface area contributed by atoms with E-state index in [2.05, 4.69) is 0 Å². The molecule has 0 heterocycles. The Morgan fingerprint density at radius 2 is 1.67 bits per heavy atom. The summed E-state index contributed by atoms with van der Waals surface area (Å²) in [4.78, 5) is 13.3. The summed E-state index contributed by atoms with van der Waals surface area (Å²) < 4.78 is 37.5. The highest BCUT2D eigenvalue weighted by molar-refractivity contribution is 5.84. The Balaban J connectivity index is 2.90. The predicted octanol–water partition coefficient (Wildman–Crippen LogP) is 2.30. The topological polar surface area (TPSA) is 46.3 Å². The number of nitrogens with two attached hydrogens (primary N) is 1. The van der Waals surface area contributed by atoms with E-state index < -0.39 is 29.6 Å². The van der Waals surface area contributed by atoms with Gasteiger partial charge in [-0.3, -0.25) is 4.79 Å². The maximum atomic E-state index is 12.5. The molecule has 1 aliphatic rings. The van der Waals surface area contributed by atoms with Crippen molar-refractivity contribution >= 4 is 5.91 Å². The molecule has 3 nitrogen and oxygen atoms in total. The molecule has 6 heteroatoms. The van der Waals surface area contributed by atoms with Crippen molar-refractivity contribution in [1.82, 2.24) is 4.90 Å². The van der Waals surface area contributed by atoms with E-state index in [9.17, 15) is 18.0 Å². The van der Waals surface area contributed by atoms with Crippen molar-refractivity contribution in [1.29, 1.82) is 0 Å². The van der Waals surface area contributed by atoms with Crippen LogP contribution in [0.4, 0.5) is 13.2 Å². The number of hydrogen-bond acceptors (Lipinski definition) is 2. The van der Waals surface area contributed by atoms with Gasteiger partial charge in [0.1, 0.15) is 6.54 Å². The minimum absolute atomic E-state index is 0.277. The van der Waals surface area contributed by atoms with E-state index in [0.717, 1.165) is 4.90 Å². The molecule has 106 valence electrons. The first-order chi connectivity index (χ1) is 7.86. The molecular weight excluding hydrogens is 245 g/mol. The number of carbonyl (C=O) groups excluding carboxylic acids is 1. The summed E-state index contributed by atoms with van der Waals surface area (Å²) in [6.07, 6.45) is -3.08. The van der Waals surface area contributed by atoms with Gasteiger partial charge in [-0.1, -0.05) is 0 Å². The van der Waals surface area contributed by atoms with Crippen molar-refractivity contribution in [2.75, 3.05) is 6.54 Å². The molecule has 1 fully saturated rings. The minimum atomic E-state index is -4.37. The summed E-state index contributed by atoms with van der Waals surface area (Å²) in [6.45, 7) is 5.32. The minimum Gasteiger partial charge on any atom is -0.330 e. The smallest absolute Gasteiger partial charge is 0.330 e. The second kappa shape index (κ2) is 4.40. The van der Waals surface area contributed by atoms with Gasteiger partial charge in [0.05, 0.1) is 5.41 Å². The summed E-state index contributed by atoms with van der Waals surface area (Å²) in [5, 5.41) is 0. The lowest BCUT2D eigenvalue weighted by Crippen LogP contribution is -2.58. The van der Waals surface area contributed by atoms with E-state index in [1.165, 1.54) is 0 Å². The van der Waals surface area contributed by atoms with E-state index in [4.69, 9.17) is 5.73 Å². The molecule has 0 radical (unpaired) electrons. The lowest BCUT2D eigenvalue weighted by Gasteiger charge is -2.41. The summed E-state index contributed by atoms with van der Waals surface area (Å²) >= 11 is 0. The van der Waals surface area contributed by atoms with Gasteiger partial charge in [-0.15, -0.1) is 0 Å². The molecule has 18 heavy (non-hydrogen) atoms. The molecule has 1 rings (SSSR count). The second-order valence-electron chi connectivity index (χ2n) is 6.13. The Morgan fingerprint density at radius 3 is 1.94 bits per heavy atom. The molecule has 0 aromatic rings. The molecule has 0 unspecified atom stereocenters. The number of nitrogens with zero attached hydrogens (tertiary/aromatic N) is 1. The predicted molar refractivity (Wildman–Crippen MR) is 62.8 cm³/mol. The molecule has 0 aromatic heterocycles. The zero-order valence-corrected chi connectivity index (χ0v) is 11.3. The van der Waals surface area contributed by atoms with Crippen molar-refractivity contribution in [3.63, 3.8) is 0 Å². The zero-order valence-electron chi connectivity index (χ0n) is 11.3. The average Bonchev–Trinajstić information content (AvgIpc) is 2.92. The van der Waals surface area contributed by atoms with Crippen LogP contribution in [0.3, 0.4) is 0 Å². The summed E-state index contributed by atoms with van der Waals surface area (Å²) in [5.41, 5.74) is 4.01. The van der Waals surface area contributed by atoms with E-state index in [0.29, 0.717) is 12.8 Å². The van der Waals surface area contributed by atoms with Crippen LogP contribution in [-0.2, 0) is 4.79 Å². The standard InChI is InChI=1S/C12H21F3N2O/c1-10(2,11(3,4)16)9(18)17(8-5-6-8)7-12(13,14)15/h8H,5-7,16H2,1-4H3. The van der Waals surface area contributed by atoms with Crippen LogP contribution in [0, 0.1) is 5.41 Å². The van der Waals surface area contributed by atoms with Crippen molar-refractivity contribution in [2.45, 2.75) is 58.3 Å². The number of amides is 1. The molecule has 0 aliphatic heterocycles. The van der Waals surface area contributed by atoms with Gasteiger partial charge in [-0.2, -0.15) is 13.2 Å². The molecule has 0 atom stereocenters. The lowest BCUT2D eigenvalue weighted by atomic mass is 9.74. The van der Waals surface area contributed by atoms with Crippen molar-refractivity contribution < 1.29 is 18.0 Å². The molecule has 1 saturated carbocycles. The van der Waals surface area contributed by atoms with Crippen molar-refractivity contribution in [3.05, 3.63) is 0 Å². The van der Waals surface area contributed by atoms with Crippen LogP contribution in [0.15, 0.2) is 0 Å². The van der Waals surface area contributed by atoms with Crippen LogP contribution >= 0.6 is 0 Å². The van der Waals surface area contributed by atoms with Crippen molar-refractivity contribution in [2.24, 2.45) is 11.1 Å². The Labute approximate surface area is 106 Å². The van der Waals surface area contributed by atoms with Gasteiger partial charge in [0.15, 0.2) is 0 Å². The first kappa shape index (κ1) is 15.3. The monoisotopic (exact) mass is 266 g/mol. The van der Waals surface area contributed by atoms with E-state index in [1.807, 2.05) is 0 Å². The summed E-state index contributed by atoms with van der Waals surface area (Å²) in [7, 11) is 0. The number of carbonyl (C=O) groups is 1. The molecule has 2 N–H and O–H groups in total. The van der Waals surface area contributed by atoms with E-state index in [-0.39, 0.29) is 6.04 Å².